The molecule has 1 rings (SSSR count). The molecule has 1 aromatic rings. The second kappa shape index (κ2) is 4.87. The monoisotopic (exact) mass is 256 g/mol. The molecule has 0 unspecified atom stereocenters. The minimum Gasteiger partial charge on any atom is -0.434 e. The first kappa shape index (κ1) is 13.7. The van der Waals surface area contributed by atoms with Crippen LogP contribution in [0.4, 0.5) is 22.0 Å². The number of hydrogen-bond donors (Lipinski definition) is 1. The van der Waals surface area contributed by atoms with Crippen molar-refractivity contribution in [2.75, 3.05) is 0 Å². The Morgan fingerprint density at radius 3 is 2.29 bits per heavy atom. The van der Waals surface area contributed by atoms with Crippen molar-refractivity contribution in [2.45, 2.75) is 25.8 Å². The fourth-order valence-corrected chi connectivity index (χ4v) is 1.32. The number of aliphatic hydroxyl groups is 1. The van der Waals surface area contributed by atoms with Gasteiger partial charge in [-0.05, 0) is 12.5 Å². The van der Waals surface area contributed by atoms with Gasteiger partial charge in [-0.2, -0.15) is 22.0 Å². The van der Waals surface area contributed by atoms with Crippen LogP contribution in [0.3, 0.4) is 0 Å². The largest absolute Gasteiger partial charge is 0.434 e. The first-order chi connectivity index (χ1) is 7.73. The van der Waals surface area contributed by atoms with Crippen molar-refractivity contribution in [1.82, 2.24) is 0 Å². The number of halogens is 5. The van der Waals surface area contributed by atoms with Gasteiger partial charge in [0.25, 0.3) is 0 Å². The summed E-state index contributed by atoms with van der Waals surface area (Å²) in [5.41, 5.74) is -0.635. The number of alkyl halides is 5. The number of hydrogen-bond acceptors (Lipinski definition) is 2. The van der Waals surface area contributed by atoms with Gasteiger partial charge in [-0.3, -0.25) is 0 Å². The maximum Gasteiger partial charge on any atom is 0.418 e. The molecule has 0 bridgehead atoms. The second-order valence-corrected chi connectivity index (χ2v) is 3.32. The molecule has 0 aliphatic heterocycles. The number of aryl methyl sites for hydroxylation is 1. The van der Waals surface area contributed by atoms with Crippen molar-refractivity contribution in [1.29, 1.82) is 0 Å². The lowest BCUT2D eigenvalue weighted by Crippen LogP contribution is -2.21. The minimum absolute atomic E-state index is 0.0890. The summed E-state index contributed by atoms with van der Waals surface area (Å²) < 4.78 is 65.0. The van der Waals surface area contributed by atoms with E-state index in [4.69, 9.17) is 5.11 Å². The van der Waals surface area contributed by atoms with Crippen LogP contribution in [0.5, 0.6) is 5.75 Å². The van der Waals surface area contributed by atoms with Crippen molar-refractivity contribution in [2.24, 2.45) is 0 Å². The van der Waals surface area contributed by atoms with Crippen molar-refractivity contribution in [3.63, 3.8) is 0 Å². The molecule has 0 aliphatic rings. The predicted molar refractivity (Wildman–Crippen MR) is 48.8 cm³/mol. The Morgan fingerprint density at radius 2 is 1.82 bits per heavy atom. The van der Waals surface area contributed by atoms with Crippen molar-refractivity contribution in [3.05, 3.63) is 29.3 Å². The molecule has 17 heavy (non-hydrogen) atoms. The van der Waals surface area contributed by atoms with Crippen LogP contribution < -0.4 is 4.74 Å². The Morgan fingerprint density at radius 1 is 1.24 bits per heavy atom. The Bertz CT molecular complexity index is 389. The molecule has 0 fully saturated rings. The normalized spacial score (nSPS) is 13.9. The number of ether oxygens (including phenoxy) is 1. The summed E-state index contributed by atoms with van der Waals surface area (Å²) in [6, 6.07) is 3.42. The Kier molecular flexibility index (Phi) is 3.92. The van der Waals surface area contributed by atoms with Crippen molar-refractivity contribution >= 4 is 0 Å². The smallest absolute Gasteiger partial charge is 0.418 e. The van der Waals surface area contributed by atoms with E-state index in [0.29, 0.717) is 0 Å². The zero-order valence-corrected chi connectivity index (χ0v) is 8.63. The molecule has 0 spiro atoms. The maximum atomic E-state index is 12.3. The second-order valence-electron chi connectivity index (χ2n) is 3.32. The SMILES string of the molecule is Cc1cccc([C@@H](O)C(F)(F)F)c1OC(F)F. The van der Waals surface area contributed by atoms with E-state index in [9.17, 15) is 22.0 Å². The van der Waals surface area contributed by atoms with Gasteiger partial charge in [0.05, 0.1) is 0 Å². The number of rotatable bonds is 3. The third kappa shape index (κ3) is 3.29. The van der Waals surface area contributed by atoms with Crippen LogP contribution in [0.1, 0.15) is 17.2 Å². The molecule has 0 saturated heterocycles. The van der Waals surface area contributed by atoms with E-state index >= 15 is 0 Å². The minimum atomic E-state index is -4.94. The van der Waals surface area contributed by atoms with E-state index < -0.39 is 30.2 Å². The van der Waals surface area contributed by atoms with Crippen LogP contribution in [-0.2, 0) is 0 Å². The van der Waals surface area contributed by atoms with Crippen LogP contribution in [0.15, 0.2) is 18.2 Å². The average Bonchev–Trinajstić information content (AvgIpc) is 2.18. The van der Waals surface area contributed by atoms with E-state index in [0.717, 1.165) is 6.07 Å². The predicted octanol–water partition coefficient (Wildman–Crippen LogP) is 3.19. The molecule has 0 radical (unpaired) electrons. The van der Waals surface area contributed by atoms with Crippen LogP contribution in [0.2, 0.25) is 0 Å². The Balaban J connectivity index is 3.19. The van der Waals surface area contributed by atoms with Gasteiger partial charge < -0.3 is 9.84 Å². The van der Waals surface area contributed by atoms with Gasteiger partial charge in [0, 0.05) is 5.56 Å². The van der Waals surface area contributed by atoms with Crippen molar-refractivity contribution < 1.29 is 31.8 Å². The molecule has 1 N–H and O–H groups in total. The molecule has 0 heterocycles. The standard InChI is InChI=1S/C10H9F5O2/c1-5-3-2-4-6(7(5)17-9(11)12)8(16)10(13,14)15/h2-4,8-9,16H,1H3/t8-/m1/s1. The first-order valence-corrected chi connectivity index (χ1v) is 4.52. The van der Waals surface area contributed by atoms with E-state index in [1.54, 1.807) is 0 Å². The number of para-hydroxylation sites is 1. The highest BCUT2D eigenvalue weighted by Gasteiger charge is 2.41. The maximum absolute atomic E-state index is 12.3. The fraction of sp³-hybridized carbons (Fsp3) is 0.400. The topological polar surface area (TPSA) is 29.5 Å². The lowest BCUT2D eigenvalue weighted by molar-refractivity contribution is -0.207. The molecule has 0 aliphatic carbocycles. The van der Waals surface area contributed by atoms with Gasteiger partial charge in [0.15, 0.2) is 6.10 Å². The summed E-state index contributed by atoms with van der Waals surface area (Å²) in [7, 11) is 0. The van der Waals surface area contributed by atoms with Gasteiger partial charge in [0.1, 0.15) is 5.75 Å². The van der Waals surface area contributed by atoms with Crippen LogP contribution >= 0.6 is 0 Å². The van der Waals surface area contributed by atoms with Gasteiger partial charge in [-0.15, -0.1) is 0 Å². The first-order valence-electron chi connectivity index (χ1n) is 4.52. The molecular weight excluding hydrogens is 247 g/mol. The lowest BCUT2D eigenvalue weighted by Gasteiger charge is -2.19. The van der Waals surface area contributed by atoms with Gasteiger partial charge in [0.2, 0.25) is 0 Å². The molecule has 7 heteroatoms. The summed E-state index contributed by atoms with van der Waals surface area (Å²) in [5.74, 6) is -0.646. The van der Waals surface area contributed by atoms with Crippen LogP contribution in [-0.4, -0.2) is 17.9 Å². The van der Waals surface area contributed by atoms with E-state index in [2.05, 4.69) is 4.74 Å². The molecule has 1 aromatic carbocycles. The molecule has 2 nitrogen and oxygen atoms in total. The van der Waals surface area contributed by atoms with E-state index in [1.165, 1.54) is 19.1 Å². The third-order valence-electron chi connectivity index (χ3n) is 2.05. The third-order valence-corrected chi connectivity index (χ3v) is 2.05. The summed E-state index contributed by atoms with van der Waals surface area (Å²) in [6.07, 6.45) is -7.79. The molecule has 0 aromatic heterocycles. The summed E-state index contributed by atoms with van der Waals surface area (Å²) in [6.45, 7) is -1.94. The van der Waals surface area contributed by atoms with Gasteiger partial charge in [-0.1, -0.05) is 18.2 Å². The quantitative estimate of drug-likeness (QED) is 0.841. The average molecular weight is 256 g/mol. The summed E-state index contributed by atoms with van der Waals surface area (Å²) >= 11 is 0. The fourth-order valence-electron chi connectivity index (χ4n) is 1.32. The molecule has 1 atom stereocenters. The highest BCUT2D eigenvalue weighted by atomic mass is 19.4. The number of aliphatic hydroxyl groups excluding tert-OH is 1. The Hall–Kier alpha value is -1.37. The summed E-state index contributed by atoms with van der Waals surface area (Å²) in [5, 5.41) is 9.03. The summed E-state index contributed by atoms with van der Waals surface area (Å²) in [4.78, 5) is 0. The highest BCUT2D eigenvalue weighted by molar-refractivity contribution is 5.42. The van der Waals surface area contributed by atoms with Crippen LogP contribution in [0, 0.1) is 6.92 Å². The molecule has 0 amide bonds. The van der Waals surface area contributed by atoms with E-state index in [-0.39, 0.29) is 5.56 Å². The van der Waals surface area contributed by atoms with Crippen molar-refractivity contribution in [3.8, 4) is 5.75 Å². The molecule has 0 saturated carbocycles. The van der Waals surface area contributed by atoms with Gasteiger partial charge in [-0.25, -0.2) is 0 Å². The van der Waals surface area contributed by atoms with Crippen LogP contribution in [0.25, 0.3) is 0 Å². The molecule has 96 valence electrons. The zero-order chi connectivity index (χ0) is 13.2. The number of benzene rings is 1. The van der Waals surface area contributed by atoms with E-state index in [1.807, 2.05) is 0 Å². The molecular formula is C10H9F5O2. The van der Waals surface area contributed by atoms with Gasteiger partial charge >= 0.3 is 12.8 Å². The lowest BCUT2D eigenvalue weighted by atomic mass is 10.0. The highest BCUT2D eigenvalue weighted by Crippen LogP contribution is 2.38. The zero-order valence-electron chi connectivity index (χ0n) is 8.63. The Labute approximate surface area is 93.6 Å².